The Labute approximate surface area is 192 Å². The van der Waals surface area contributed by atoms with Gasteiger partial charge in [0.05, 0.1) is 11.6 Å². The van der Waals surface area contributed by atoms with Crippen molar-refractivity contribution in [1.82, 2.24) is 30.1 Å². The number of nitrogens with one attached hydrogen (secondary N) is 1. The molecule has 8 heteroatoms. The fraction of sp³-hybridized carbons (Fsp3) is 0.417. The second-order valence-electron chi connectivity index (χ2n) is 9.24. The van der Waals surface area contributed by atoms with Crippen LogP contribution in [0.15, 0.2) is 46.6 Å². The van der Waals surface area contributed by atoms with Crippen molar-refractivity contribution in [2.24, 2.45) is 0 Å². The maximum Gasteiger partial charge on any atom is 0.252 e. The number of aryl methyl sites for hydroxylation is 1. The standard InChI is InChI=1S/C24H30N6OS/c1-6-21(22-26-27-28-30(22)24(3,4)5)29(15-19-8-7-11-32-19)14-18-13-17-12-16(2)9-10-20(17)25-23(18)31/h7-13,21H,6,14-15H2,1-5H3,(H,25,31)/t21-/m0/s1. The van der Waals surface area contributed by atoms with Gasteiger partial charge in [-0.05, 0) is 79.6 Å². The van der Waals surface area contributed by atoms with Gasteiger partial charge in [0.15, 0.2) is 5.82 Å². The van der Waals surface area contributed by atoms with E-state index in [4.69, 9.17) is 0 Å². The maximum atomic E-state index is 13.0. The zero-order valence-corrected chi connectivity index (χ0v) is 20.1. The van der Waals surface area contributed by atoms with E-state index in [0.29, 0.717) is 6.54 Å². The van der Waals surface area contributed by atoms with Crippen molar-refractivity contribution in [3.63, 3.8) is 0 Å². The Morgan fingerprint density at radius 1 is 1.19 bits per heavy atom. The predicted octanol–water partition coefficient (Wildman–Crippen LogP) is 4.79. The predicted molar refractivity (Wildman–Crippen MR) is 129 cm³/mol. The lowest BCUT2D eigenvalue weighted by Gasteiger charge is -2.32. The molecule has 7 nitrogen and oxygen atoms in total. The molecule has 168 valence electrons. The highest BCUT2D eigenvalue weighted by atomic mass is 32.1. The van der Waals surface area contributed by atoms with Crippen LogP contribution in [0.3, 0.4) is 0 Å². The van der Waals surface area contributed by atoms with Crippen molar-refractivity contribution >= 4 is 22.2 Å². The number of benzene rings is 1. The summed E-state index contributed by atoms with van der Waals surface area (Å²) in [6.07, 6.45) is 0.826. The number of fused-ring (bicyclic) bond motifs is 1. The first-order valence-electron chi connectivity index (χ1n) is 10.9. The molecule has 32 heavy (non-hydrogen) atoms. The monoisotopic (exact) mass is 450 g/mol. The van der Waals surface area contributed by atoms with Crippen LogP contribution in [0.4, 0.5) is 0 Å². The van der Waals surface area contributed by atoms with Crippen molar-refractivity contribution in [3.8, 4) is 0 Å². The summed E-state index contributed by atoms with van der Waals surface area (Å²) in [7, 11) is 0. The number of pyridine rings is 1. The first-order valence-corrected chi connectivity index (χ1v) is 11.8. The van der Waals surface area contributed by atoms with Crippen molar-refractivity contribution in [2.75, 3.05) is 0 Å². The molecule has 3 aromatic heterocycles. The Morgan fingerprint density at radius 3 is 2.69 bits per heavy atom. The zero-order chi connectivity index (χ0) is 22.9. The molecule has 4 rings (SSSR count). The second-order valence-corrected chi connectivity index (χ2v) is 10.3. The topological polar surface area (TPSA) is 79.7 Å². The smallest absolute Gasteiger partial charge is 0.252 e. The average Bonchev–Trinajstić information content (AvgIpc) is 3.41. The van der Waals surface area contributed by atoms with Gasteiger partial charge >= 0.3 is 0 Å². The van der Waals surface area contributed by atoms with Gasteiger partial charge in [-0.2, -0.15) is 0 Å². The van der Waals surface area contributed by atoms with Crippen molar-refractivity contribution in [1.29, 1.82) is 0 Å². The summed E-state index contributed by atoms with van der Waals surface area (Å²) in [4.78, 5) is 19.6. The summed E-state index contributed by atoms with van der Waals surface area (Å²) in [6, 6.07) is 12.3. The Morgan fingerprint density at radius 2 is 2.00 bits per heavy atom. The van der Waals surface area contributed by atoms with E-state index in [1.165, 1.54) is 10.4 Å². The summed E-state index contributed by atoms with van der Waals surface area (Å²) < 4.78 is 1.90. The molecule has 0 aliphatic heterocycles. The molecular weight excluding hydrogens is 420 g/mol. The van der Waals surface area contributed by atoms with Gasteiger partial charge in [0.2, 0.25) is 0 Å². The largest absolute Gasteiger partial charge is 0.322 e. The number of rotatable bonds is 7. The molecule has 0 aliphatic rings. The molecule has 1 aromatic carbocycles. The minimum atomic E-state index is -0.237. The lowest BCUT2D eigenvalue weighted by molar-refractivity contribution is 0.155. The van der Waals surface area contributed by atoms with E-state index in [-0.39, 0.29) is 17.1 Å². The summed E-state index contributed by atoms with van der Waals surface area (Å²) in [5.74, 6) is 0.824. The van der Waals surface area contributed by atoms with Gasteiger partial charge in [0.1, 0.15) is 0 Å². The minimum absolute atomic E-state index is 0.0288. The van der Waals surface area contributed by atoms with Gasteiger partial charge in [0, 0.05) is 29.0 Å². The Balaban J connectivity index is 1.76. The summed E-state index contributed by atoms with van der Waals surface area (Å²) in [5, 5.41) is 15.8. The molecular formula is C24H30N6OS. The molecule has 4 aromatic rings. The second kappa shape index (κ2) is 8.96. The molecule has 3 heterocycles. The van der Waals surface area contributed by atoms with Crippen molar-refractivity contribution < 1.29 is 0 Å². The lowest BCUT2D eigenvalue weighted by Crippen LogP contribution is -2.35. The van der Waals surface area contributed by atoms with Crippen LogP contribution in [0, 0.1) is 6.92 Å². The number of thiophene rings is 1. The number of aromatic amines is 1. The molecule has 0 saturated carbocycles. The number of tetrazole rings is 1. The molecule has 0 unspecified atom stereocenters. The third-order valence-corrected chi connectivity index (χ3v) is 6.50. The van der Waals surface area contributed by atoms with Gasteiger partial charge in [-0.15, -0.1) is 16.4 Å². The number of nitrogens with zero attached hydrogens (tertiary/aromatic N) is 5. The van der Waals surface area contributed by atoms with Crippen molar-refractivity contribution in [2.45, 2.75) is 65.7 Å². The van der Waals surface area contributed by atoms with Gasteiger partial charge in [0.25, 0.3) is 5.56 Å². The number of H-pyrrole nitrogens is 1. The maximum absolute atomic E-state index is 13.0. The molecule has 0 aliphatic carbocycles. The number of hydrogen-bond donors (Lipinski definition) is 1. The van der Waals surface area contributed by atoms with Crippen LogP contribution >= 0.6 is 11.3 Å². The van der Waals surface area contributed by atoms with E-state index in [0.717, 1.165) is 35.3 Å². The molecule has 1 atom stereocenters. The van der Waals surface area contributed by atoms with E-state index in [2.05, 4.69) is 83.6 Å². The Hall–Kier alpha value is -2.84. The SMILES string of the molecule is CC[C@@H](c1nnnn1C(C)(C)C)N(Cc1cccs1)Cc1cc2cc(C)ccc2[nH]c1=O. The number of hydrogen-bond acceptors (Lipinski definition) is 6. The van der Waals surface area contributed by atoms with Crippen LogP contribution in [-0.4, -0.2) is 30.1 Å². The summed E-state index contributed by atoms with van der Waals surface area (Å²) >= 11 is 1.72. The Kier molecular flexibility index (Phi) is 6.26. The molecule has 0 amide bonds. The fourth-order valence-electron chi connectivity index (χ4n) is 4.07. The molecule has 0 fully saturated rings. The number of aromatic nitrogens is 5. The van der Waals surface area contributed by atoms with Gasteiger partial charge in [-0.3, -0.25) is 9.69 Å². The third kappa shape index (κ3) is 4.66. The summed E-state index contributed by atoms with van der Waals surface area (Å²) in [6.45, 7) is 11.7. The molecule has 1 N–H and O–H groups in total. The fourth-order valence-corrected chi connectivity index (χ4v) is 4.80. The third-order valence-electron chi connectivity index (χ3n) is 5.64. The highest BCUT2D eigenvalue weighted by Crippen LogP contribution is 2.29. The van der Waals surface area contributed by atoms with E-state index in [1.807, 2.05) is 22.9 Å². The average molecular weight is 451 g/mol. The quantitative estimate of drug-likeness (QED) is 0.438. The van der Waals surface area contributed by atoms with E-state index >= 15 is 0 Å². The summed E-state index contributed by atoms with van der Waals surface area (Å²) in [5.41, 5.74) is 2.48. The zero-order valence-electron chi connectivity index (χ0n) is 19.3. The van der Waals surface area contributed by atoms with E-state index in [9.17, 15) is 4.79 Å². The normalized spacial score (nSPS) is 13.2. The lowest BCUT2D eigenvalue weighted by atomic mass is 10.1. The van der Waals surface area contributed by atoms with Gasteiger partial charge in [-0.25, -0.2) is 4.68 Å². The van der Waals surface area contributed by atoms with Crippen LogP contribution in [0.1, 0.15) is 62.0 Å². The van der Waals surface area contributed by atoms with Crippen LogP contribution in [0.2, 0.25) is 0 Å². The Bertz CT molecular complexity index is 1250. The highest BCUT2D eigenvalue weighted by molar-refractivity contribution is 7.09. The first kappa shape index (κ1) is 22.4. The molecule has 0 radical (unpaired) electrons. The first-order chi connectivity index (χ1) is 15.3. The van der Waals surface area contributed by atoms with Crippen LogP contribution in [0.5, 0.6) is 0 Å². The molecule has 0 spiro atoms. The van der Waals surface area contributed by atoms with Crippen molar-refractivity contribution in [3.05, 3.63) is 74.0 Å². The molecule has 0 bridgehead atoms. The van der Waals surface area contributed by atoms with E-state index < -0.39 is 0 Å². The van der Waals surface area contributed by atoms with Crippen LogP contribution in [-0.2, 0) is 18.6 Å². The molecule has 0 saturated heterocycles. The highest BCUT2D eigenvalue weighted by Gasteiger charge is 2.29. The van der Waals surface area contributed by atoms with Crippen LogP contribution < -0.4 is 5.56 Å². The van der Waals surface area contributed by atoms with Gasteiger partial charge in [-0.1, -0.05) is 24.6 Å². The minimum Gasteiger partial charge on any atom is -0.322 e. The van der Waals surface area contributed by atoms with E-state index in [1.54, 1.807) is 11.3 Å². The van der Waals surface area contributed by atoms with Crippen LogP contribution in [0.25, 0.3) is 10.9 Å². The van der Waals surface area contributed by atoms with Gasteiger partial charge < -0.3 is 4.98 Å².